The topological polar surface area (TPSA) is 96.1 Å². The summed E-state index contributed by atoms with van der Waals surface area (Å²) in [4.78, 5) is 22.4. The predicted molar refractivity (Wildman–Crippen MR) is 110 cm³/mol. The Morgan fingerprint density at radius 1 is 1.37 bits per heavy atom. The molecule has 7 nitrogen and oxygen atoms in total. The minimum absolute atomic E-state index is 0.242. The molecule has 1 aliphatic heterocycles. The molecule has 0 saturated carbocycles. The van der Waals surface area contributed by atoms with Crippen LogP contribution >= 0.6 is 27.7 Å². The van der Waals surface area contributed by atoms with Crippen LogP contribution in [0.1, 0.15) is 23.4 Å². The third kappa shape index (κ3) is 4.48. The van der Waals surface area contributed by atoms with E-state index in [-0.39, 0.29) is 12.3 Å². The van der Waals surface area contributed by atoms with Gasteiger partial charge in [-0.3, -0.25) is 9.59 Å². The molecule has 1 amide bonds. The van der Waals surface area contributed by atoms with Gasteiger partial charge >= 0.3 is 5.97 Å². The van der Waals surface area contributed by atoms with Crippen molar-refractivity contribution in [2.75, 3.05) is 0 Å². The van der Waals surface area contributed by atoms with Crippen LogP contribution in [-0.2, 0) is 9.59 Å². The lowest BCUT2D eigenvalue weighted by molar-refractivity contribution is -0.138. The van der Waals surface area contributed by atoms with Gasteiger partial charge in [0.2, 0.25) is 5.91 Å². The van der Waals surface area contributed by atoms with Crippen LogP contribution in [0, 0.1) is 13.8 Å². The Labute approximate surface area is 168 Å². The molecule has 1 aromatic heterocycles. The van der Waals surface area contributed by atoms with Crippen molar-refractivity contribution >= 4 is 51.0 Å². The van der Waals surface area contributed by atoms with Gasteiger partial charge in [-0.1, -0.05) is 27.7 Å². The molecule has 27 heavy (non-hydrogen) atoms. The number of hydrogen-bond donors (Lipinski definition) is 2. The van der Waals surface area contributed by atoms with Crippen LogP contribution in [0.4, 0.5) is 0 Å². The number of carbonyl (C=O) groups excluding carboxylic acids is 1. The number of benzene rings is 1. The van der Waals surface area contributed by atoms with Gasteiger partial charge < -0.3 is 15.0 Å². The summed E-state index contributed by atoms with van der Waals surface area (Å²) in [5, 5.41) is 19.0. The maximum atomic E-state index is 11.7. The van der Waals surface area contributed by atoms with E-state index in [1.165, 1.54) is 0 Å². The second kappa shape index (κ2) is 8.10. The Morgan fingerprint density at radius 3 is 2.74 bits per heavy atom. The lowest BCUT2D eigenvalue weighted by atomic mass is 10.2. The number of carboxylic acids is 1. The lowest BCUT2D eigenvalue weighted by Crippen LogP contribution is -2.26. The maximum absolute atomic E-state index is 11.7. The number of amides is 1. The van der Waals surface area contributed by atoms with Crippen molar-refractivity contribution in [2.45, 2.75) is 25.5 Å². The summed E-state index contributed by atoms with van der Waals surface area (Å²) >= 11 is 4.52. The van der Waals surface area contributed by atoms with Crippen molar-refractivity contribution in [3.63, 3.8) is 0 Å². The Bertz CT molecular complexity index is 950. The van der Waals surface area contributed by atoms with Crippen molar-refractivity contribution in [3.8, 4) is 5.69 Å². The smallest absolute Gasteiger partial charge is 0.305 e. The second-order valence-corrected chi connectivity index (χ2v) is 8.09. The summed E-state index contributed by atoms with van der Waals surface area (Å²) in [5.74, 6) is -1.38. The summed E-state index contributed by atoms with van der Waals surface area (Å²) in [5.41, 5.74) is 4.05. The van der Waals surface area contributed by atoms with Crippen molar-refractivity contribution in [1.29, 1.82) is 0 Å². The number of aliphatic carboxylic acids is 1. The molecule has 2 heterocycles. The second-order valence-electron chi connectivity index (χ2n) is 5.98. The molecule has 1 saturated heterocycles. The summed E-state index contributed by atoms with van der Waals surface area (Å²) < 4.78 is 3.14. The zero-order chi connectivity index (χ0) is 19.6. The molecular formula is C18H17BrN4O3S. The number of nitrogens with one attached hydrogen (secondary N) is 1. The summed E-state index contributed by atoms with van der Waals surface area (Å²) in [7, 11) is 0. The number of aromatic nitrogens is 1. The third-order valence-electron chi connectivity index (χ3n) is 4.04. The predicted octanol–water partition coefficient (Wildman–Crippen LogP) is 3.25. The largest absolute Gasteiger partial charge is 0.481 e. The number of amidine groups is 1. The lowest BCUT2D eigenvalue weighted by Gasteiger charge is -2.09. The van der Waals surface area contributed by atoms with Crippen LogP contribution in [0.3, 0.4) is 0 Å². The number of carbonyl (C=O) groups is 2. The van der Waals surface area contributed by atoms with Gasteiger partial charge in [0, 0.05) is 27.1 Å². The maximum Gasteiger partial charge on any atom is 0.305 e. The van der Waals surface area contributed by atoms with Gasteiger partial charge in [0.25, 0.3) is 0 Å². The van der Waals surface area contributed by atoms with E-state index in [1.807, 2.05) is 44.2 Å². The molecule has 2 aromatic rings. The number of nitrogens with zero attached hydrogens (tertiary/aromatic N) is 3. The van der Waals surface area contributed by atoms with E-state index >= 15 is 0 Å². The summed E-state index contributed by atoms with van der Waals surface area (Å²) in [6.07, 6.45) is 1.38. The fraction of sp³-hybridized carbons (Fsp3) is 0.222. The highest BCUT2D eigenvalue weighted by Crippen LogP contribution is 2.23. The molecule has 0 unspecified atom stereocenters. The molecule has 1 fully saturated rings. The van der Waals surface area contributed by atoms with E-state index in [9.17, 15) is 9.59 Å². The van der Waals surface area contributed by atoms with Crippen LogP contribution in [0.15, 0.2) is 45.0 Å². The first-order chi connectivity index (χ1) is 12.8. The molecule has 0 radical (unpaired) electrons. The molecule has 0 bridgehead atoms. The number of rotatable bonds is 5. The molecule has 140 valence electrons. The number of carboxylic acid groups (broad SMARTS) is 1. The van der Waals surface area contributed by atoms with Crippen LogP contribution < -0.4 is 5.32 Å². The Kier molecular flexibility index (Phi) is 5.81. The first-order valence-corrected chi connectivity index (χ1v) is 9.77. The first kappa shape index (κ1) is 19.4. The van der Waals surface area contributed by atoms with Crippen molar-refractivity contribution in [2.24, 2.45) is 10.2 Å². The van der Waals surface area contributed by atoms with E-state index in [0.29, 0.717) is 5.17 Å². The third-order valence-corrected chi connectivity index (χ3v) is 5.64. The van der Waals surface area contributed by atoms with Crippen LogP contribution in [0.25, 0.3) is 5.69 Å². The van der Waals surface area contributed by atoms with Crippen molar-refractivity contribution in [3.05, 3.63) is 51.8 Å². The van der Waals surface area contributed by atoms with Gasteiger partial charge in [-0.25, -0.2) is 0 Å². The van der Waals surface area contributed by atoms with Gasteiger partial charge in [-0.2, -0.15) is 5.10 Å². The molecule has 0 aliphatic carbocycles. The summed E-state index contributed by atoms with van der Waals surface area (Å²) in [6.45, 7) is 4.01. The molecule has 1 aliphatic rings. The molecule has 0 spiro atoms. The van der Waals surface area contributed by atoms with E-state index in [0.717, 1.165) is 38.9 Å². The highest BCUT2D eigenvalue weighted by Gasteiger charge is 2.32. The van der Waals surface area contributed by atoms with E-state index in [1.54, 1.807) is 6.21 Å². The Morgan fingerprint density at radius 2 is 2.07 bits per heavy atom. The molecule has 1 aromatic carbocycles. The highest BCUT2D eigenvalue weighted by atomic mass is 79.9. The SMILES string of the molecule is Cc1cc(/C=N\N=C2\NC(=O)[C@H](CC(=O)O)S2)c(C)n1-c1ccc(Br)cc1. The number of halogens is 1. The molecule has 1 atom stereocenters. The fourth-order valence-electron chi connectivity index (χ4n) is 2.79. The summed E-state index contributed by atoms with van der Waals surface area (Å²) in [6, 6.07) is 10.0. The van der Waals surface area contributed by atoms with Gasteiger partial charge in [0.15, 0.2) is 5.17 Å². The molecule has 9 heteroatoms. The van der Waals surface area contributed by atoms with Gasteiger partial charge in [0.1, 0.15) is 5.25 Å². The Hall–Kier alpha value is -2.39. The quantitative estimate of drug-likeness (QED) is 0.541. The number of aryl methyl sites for hydroxylation is 1. The molecular weight excluding hydrogens is 432 g/mol. The zero-order valence-corrected chi connectivity index (χ0v) is 17.0. The van der Waals surface area contributed by atoms with E-state index in [4.69, 9.17) is 5.11 Å². The standard InChI is InChI=1S/C18H17BrN4O3S/c1-10-7-12(11(2)23(10)14-5-3-13(19)4-6-14)9-20-22-18-21-17(26)15(27-18)8-16(24)25/h3-7,9,15H,8H2,1-2H3,(H,24,25)(H,21,22,26)/b20-9-/t15-/m0/s1. The van der Waals surface area contributed by atoms with Crippen LogP contribution in [0.2, 0.25) is 0 Å². The Balaban J connectivity index is 1.77. The average molecular weight is 449 g/mol. The number of thioether (sulfide) groups is 1. The first-order valence-electron chi connectivity index (χ1n) is 8.10. The minimum atomic E-state index is -1.02. The van der Waals surface area contributed by atoms with Crippen molar-refractivity contribution < 1.29 is 14.7 Å². The monoisotopic (exact) mass is 448 g/mol. The number of hydrogen-bond acceptors (Lipinski definition) is 5. The van der Waals surface area contributed by atoms with E-state index < -0.39 is 11.2 Å². The van der Waals surface area contributed by atoms with Gasteiger partial charge in [-0.05, 0) is 44.2 Å². The van der Waals surface area contributed by atoms with Crippen molar-refractivity contribution in [1.82, 2.24) is 9.88 Å². The zero-order valence-electron chi connectivity index (χ0n) is 14.6. The van der Waals surface area contributed by atoms with E-state index in [2.05, 4.69) is 36.0 Å². The average Bonchev–Trinajstić information content (AvgIpc) is 3.08. The van der Waals surface area contributed by atoms with Gasteiger partial charge in [-0.15, -0.1) is 5.10 Å². The molecule has 3 rings (SSSR count). The fourth-order valence-corrected chi connectivity index (χ4v) is 3.97. The van der Waals surface area contributed by atoms with Crippen LogP contribution in [-0.4, -0.2) is 38.2 Å². The molecule has 2 N–H and O–H groups in total. The van der Waals surface area contributed by atoms with Gasteiger partial charge in [0.05, 0.1) is 12.6 Å². The highest BCUT2D eigenvalue weighted by molar-refractivity contribution is 9.10. The minimum Gasteiger partial charge on any atom is -0.481 e. The normalized spacial score (nSPS) is 18.4. The van der Waals surface area contributed by atoms with Crippen LogP contribution in [0.5, 0.6) is 0 Å².